The first-order valence-corrected chi connectivity index (χ1v) is 10.3. The molecule has 1 amide bonds. The van der Waals surface area contributed by atoms with Crippen LogP contribution < -0.4 is 14.8 Å². The fourth-order valence-corrected chi connectivity index (χ4v) is 4.00. The maximum absolute atomic E-state index is 13.4. The van der Waals surface area contributed by atoms with Crippen molar-refractivity contribution in [3.63, 3.8) is 0 Å². The highest BCUT2D eigenvalue weighted by atomic mass is 16.5. The van der Waals surface area contributed by atoms with Crippen molar-refractivity contribution in [2.45, 2.75) is 50.9 Å². The highest BCUT2D eigenvalue weighted by Gasteiger charge is 2.41. The number of nitriles is 1. The fraction of sp³-hybridized carbons (Fsp3) is 0.417. The molecule has 5 nitrogen and oxygen atoms in total. The van der Waals surface area contributed by atoms with Crippen molar-refractivity contribution in [2.24, 2.45) is 0 Å². The quantitative estimate of drug-likeness (QED) is 0.703. The molecule has 0 atom stereocenters. The predicted octanol–water partition coefficient (Wildman–Crippen LogP) is 5.20. The Bertz CT molecular complexity index is 878. The molecule has 0 spiro atoms. The average Bonchev–Trinajstić information content (AvgIpc) is 2.78. The second-order valence-corrected chi connectivity index (χ2v) is 7.50. The first-order chi connectivity index (χ1) is 14.1. The average molecular weight is 392 g/mol. The Morgan fingerprint density at radius 1 is 1.14 bits per heavy atom. The molecule has 1 fully saturated rings. The maximum Gasteiger partial charge on any atom is 0.235 e. The highest BCUT2D eigenvalue weighted by molar-refractivity contribution is 5.99. The van der Waals surface area contributed by atoms with E-state index in [0.717, 1.165) is 49.8 Å². The van der Waals surface area contributed by atoms with Gasteiger partial charge in [-0.25, -0.2) is 0 Å². The van der Waals surface area contributed by atoms with Gasteiger partial charge in [0.05, 0.1) is 24.7 Å². The molecule has 0 aromatic heterocycles. The van der Waals surface area contributed by atoms with E-state index in [0.29, 0.717) is 23.6 Å². The van der Waals surface area contributed by atoms with Crippen LogP contribution in [0.3, 0.4) is 0 Å². The molecule has 29 heavy (non-hydrogen) atoms. The third kappa shape index (κ3) is 4.54. The van der Waals surface area contributed by atoms with Crippen LogP contribution in [-0.2, 0) is 10.2 Å². The molecule has 152 valence electrons. The van der Waals surface area contributed by atoms with E-state index in [9.17, 15) is 10.1 Å². The predicted molar refractivity (Wildman–Crippen MR) is 113 cm³/mol. The Morgan fingerprint density at radius 2 is 1.86 bits per heavy atom. The minimum Gasteiger partial charge on any atom is -0.497 e. The number of benzene rings is 2. The van der Waals surface area contributed by atoms with Crippen molar-refractivity contribution >= 4 is 11.6 Å². The fourth-order valence-electron chi connectivity index (χ4n) is 4.00. The summed E-state index contributed by atoms with van der Waals surface area (Å²) in [6.07, 6.45) is 5.68. The molecule has 0 radical (unpaired) electrons. The zero-order valence-corrected chi connectivity index (χ0v) is 17.2. The van der Waals surface area contributed by atoms with E-state index in [-0.39, 0.29) is 5.91 Å². The van der Waals surface area contributed by atoms with Crippen LogP contribution in [0.1, 0.15) is 56.6 Å². The first kappa shape index (κ1) is 20.7. The molecule has 1 aliphatic carbocycles. The summed E-state index contributed by atoms with van der Waals surface area (Å²) < 4.78 is 10.9. The van der Waals surface area contributed by atoms with Crippen molar-refractivity contribution in [1.82, 2.24) is 0 Å². The van der Waals surface area contributed by atoms with Crippen molar-refractivity contribution in [3.05, 3.63) is 53.6 Å². The Morgan fingerprint density at radius 3 is 2.48 bits per heavy atom. The molecule has 2 aromatic rings. The van der Waals surface area contributed by atoms with Gasteiger partial charge in [0.1, 0.15) is 17.6 Å². The normalized spacial score (nSPS) is 15.2. The maximum atomic E-state index is 13.4. The lowest BCUT2D eigenvalue weighted by molar-refractivity contribution is -0.122. The van der Waals surface area contributed by atoms with Gasteiger partial charge in [0.15, 0.2) is 0 Å². The molecule has 2 aromatic carbocycles. The number of carbonyl (C=O) groups is 1. The molecule has 0 aliphatic heterocycles. The van der Waals surface area contributed by atoms with Gasteiger partial charge in [-0.3, -0.25) is 4.79 Å². The summed E-state index contributed by atoms with van der Waals surface area (Å²) in [4.78, 5) is 13.4. The number of nitrogens with zero attached hydrogens (tertiary/aromatic N) is 1. The Labute approximate surface area is 172 Å². The van der Waals surface area contributed by atoms with Crippen molar-refractivity contribution in [1.29, 1.82) is 5.26 Å². The largest absolute Gasteiger partial charge is 0.497 e. The minimum atomic E-state index is -0.561. The van der Waals surface area contributed by atoms with Crippen LogP contribution in [0.2, 0.25) is 0 Å². The van der Waals surface area contributed by atoms with Crippen LogP contribution in [0.5, 0.6) is 11.5 Å². The topological polar surface area (TPSA) is 71.3 Å². The number of rotatable bonds is 7. The van der Waals surface area contributed by atoms with Gasteiger partial charge < -0.3 is 14.8 Å². The van der Waals surface area contributed by atoms with Crippen LogP contribution in [0.4, 0.5) is 5.69 Å². The number of nitrogens with one attached hydrogen (secondary N) is 1. The van der Waals surface area contributed by atoms with Crippen molar-refractivity contribution < 1.29 is 14.3 Å². The molecular formula is C24H28N2O3. The highest BCUT2D eigenvalue weighted by Crippen LogP contribution is 2.41. The van der Waals surface area contributed by atoms with Crippen molar-refractivity contribution in [2.75, 3.05) is 19.0 Å². The van der Waals surface area contributed by atoms with Crippen LogP contribution in [-0.4, -0.2) is 19.6 Å². The number of carbonyl (C=O) groups excluding carboxylic acids is 1. The van der Waals surface area contributed by atoms with Gasteiger partial charge in [0.25, 0.3) is 0 Å². The number of amides is 1. The Kier molecular flexibility index (Phi) is 6.77. The van der Waals surface area contributed by atoms with Gasteiger partial charge in [-0.15, -0.1) is 0 Å². The monoisotopic (exact) mass is 392 g/mol. The number of hydrogen-bond acceptors (Lipinski definition) is 4. The lowest BCUT2D eigenvalue weighted by Gasteiger charge is -2.36. The van der Waals surface area contributed by atoms with E-state index >= 15 is 0 Å². The zero-order valence-electron chi connectivity index (χ0n) is 17.2. The van der Waals surface area contributed by atoms with E-state index in [1.165, 1.54) is 0 Å². The Balaban J connectivity index is 1.86. The van der Waals surface area contributed by atoms with Gasteiger partial charge in [-0.05, 0) is 55.2 Å². The third-order valence-corrected chi connectivity index (χ3v) is 5.60. The standard InChI is InChI=1S/C24H28N2O3/c1-3-15-29-22-12-9-20(16-18(22)17-25)26-23(27)24(13-5-4-6-14-24)19-7-10-21(28-2)11-8-19/h7-12,16H,3-6,13-15H2,1-2H3,(H,26,27). The Hall–Kier alpha value is -3.00. The molecule has 5 heteroatoms. The molecule has 1 N–H and O–H groups in total. The van der Waals surface area contributed by atoms with E-state index in [1.54, 1.807) is 25.3 Å². The van der Waals surface area contributed by atoms with Gasteiger partial charge in [-0.1, -0.05) is 38.3 Å². The molecular weight excluding hydrogens is 364 g/mol. The van der Waals surface area contributed by atoms with Crippen LogP contribution >= 0.6 is 0 Å². The SMILES string of the molecule is CCCOc1ccc(NC(=O)C2(c3ccc(OC)cc3)CCCCC2)cc1C#N. The van der Waals surface area contributed by atoms with Gasteiger partial charge in [0.2, 0.25) is 5.91 Å². The van der Waals surface area contributed by atoms with Gasteiger partial charge in [-0.2, -0.15) is 5.26 Å². The first-order valence-electron chi connectivity index (χ1n) is 10.3. The summed E-state index contributed by atoms with van der Waals surface area (Å²) >= 11 is 0. The summed E-state index contributed by atoms with van der Waals surface area (Å²) in [5.41, 5.74) is 1.50. The number of anilines is 1. The lowest BCUT2D eigenvalue weighted by atomic mass is 9.68. The van der Waals surface area contributed by atoms with E-state index in [2.05, 4.69) is 11.4 Å². The second-order valence-electron chi connectivity index (χ2n) is 7.50. The molecule has 3 rings (SSSR count). The molecule has 0 saturated heterocycles. The summed E-state index contributed by atoms with van der Waals surface area (Å²) in [7, 11) is 1.64. The lowest BCUT2D eigenvalue weighted by Crippen LogP contribution is -2.42. The molecule has 1 saturated carbocycles. The summed E-state index contributed by atoms with van der Waals surface area (Å²) in [6, 6.07) is 15.2. The number of ether oxygens (including phenoxy) is 2. The molecule has 0 unspecified atom stereocenters. The van der Waals surface area contributed by atoms with Crippen molar-refractivity contribution in [3.8, 4) is 17.6 Å². The molecule has 0 bridgehead atoms. The summed E-state index contributed by atoms with van der Waals surface area (Å²) in [5, 5.41) is 12.5. The van der Waals surface area contributed by atoms with Crippen LogP contribution in [0, 0.1) is 11.3 Å². The van der Waals surface area contributed by atoms with Gasteiger partial charge >= 0.3 is 0 Å². The summed E-state index contributed by atoms with van der Waals surface area (Å²) in [6.45, 7) is 2.57. The van der Waals surface area contributed by atoms with Gasteiger partial charge in [0, 0.05) is 5.69 Å². The minimum absolute atomic E-state index is 0.0199. The van der Waals surface area contributed by atoms with E-state index in [1.807, 2.05) is 31.2 Å². The number of hydrogen-bond donors (Lipinski definition) is 1. The van der Waals surface area contributed by atoms with E-state index < -0.39 is 5.41 Å². The van der Waals surface area contributed by atoms with E-state index in [4.69, 9.17) is 9.47 Å². The second kappa shape index (κ2) is 9.47. The van der Waals surface area contributed by atoms with Crippen LogP contribution in [0.25, 0.3) is 0 Å². The molecule has 1 aliphatic rings. The molecule has 0 heterocycles. The van der Waals surface area contributed by atoms with Crippen LogP contribution in [0.15, 0.2) is 42.5 Å². The number of methoxy groups -OCH3 is 1. The summed E-state index contributed by atoms with van der Waals surface area (Å²) in [5.74, 6) is 1.31. The zero-order chi connectivity index (χ0) is 20.7. The smallest absolute Gasteiger partial charge is 0.235 e. The third-order valence-electron chi connectivity index (χ3n) is 5.60.